The van der Waals surface area contributed by atoms with E-state index in [1.807, 2.05) is 33.3 Å². The van der Waals surface area contributed by atoms with Crippen molar-refractivity contribution in [1.29, 1.82) is 0 Å². The Morgan fingerprint density at radius 2 is 0.780 bits per heavy atom. The number of carbonyl (C=O) groups is 2. The van der Waals surface area contributed by atoms with Crippen LogP contribution in [0.2, 0.25) is 0 Å². The Balaban J connectivity index is 5.13. The third-order valence-corrected chi connectivity index (χ3v) is 16.1. The van der Waals surface area contributed by atoms with Gasteiger partial charge in [-0.2, -0.15) is 0 Å². The minimum absolute atomic E-state index is 0.0324. The highest BCUT2D eigenvalue weighted by Crippen LogP contribution is 2.43. The van der Waals surface area contributed by atoms with Crippen molar-refractivity contribution in [3.8, 4) is 0 Å². The Bertz CT molecular complexity index is 1680. The number of amides is 1. The van der Waals surface area contributed by atoms with Gasteiger partial charge in [0.1, 0.15) is 19.3 Å². The van der Waals surface area contributed by atoms with E-state index in [4.69, 9.17) is 13.8 Å². The Hall–Kier alpha value is -2.81. The van der Waals surface area contributed by atoms with Crippen molar-refractivity contribution in [3.63, 3.8) is 0 Å². The van der Waals surface area contributed by atoms with Gasteiger partial charge in [0.15, 0.2) is 0 Å². The van der Waals surface area contributed by atoms with Gasteiger partial charge >= 0.3 is 13.8 Å². The van der Waals surface area contributed by atoms with Crippen LogP contribution in [0.3, 0.4) is 0 Å². The summed E-state index contributed by atoms with van der Waals surface area (Å²) in [6.07, 6.45) is 81.7. The summed E-state index contributed by atoms with van der Waals surface area (Å²) in [6.45, 7) is 6.90. The lowest BCUT2D eigenvalue weighted by atomic mass is 10.0. The Kier molecular flexibility index (Phi) is 59.2. The first-order valence-electron chi connectivity index (χ1n) is 34.4. The monoisotopic (exact) mass is 1170 g/mol. The topological polar surface area (TPSA) is 111 Å². The summed E-state index contributed by atoms with van der Waals surface area (Å²) in [4.78, 5) is 37.8. The Morgan fingerprint density at radius 1 is 0.439 bits per heavy atom. The lowest BCUT2D eigenvalue weighted by Gasteiger charge is -2.27. The standard InChI is InChI=1S/C72H131N2O7P/c1-7-10-13-16-19-22-25-28-30-32-34-35-36-37-38-39-41-42-44-46-49-52-55-58-61-64-71(75)73-69(68-80-82(77,78)79-67-66-74(4,5)6)70(63-60-57-54-51-48-27-24-21-18-15-12-9-3)81-72(76)65-62-59-56-53-50-47-45-43-40-33-31-29-26-23-20-17-14-11-8-2/h11,14,20,23,28-31,40,43,47,50,60,63,69-70H,7-10,12-13,15-19,21-22,24-27,32-39,41-42,44-46,48-49,51-59,61-62,64-68H2,1-6H3,(H-,73,75,77,78)/p+1/b14-11-,23-20-,30-28+,31-29-,43-40-,50-47-,63-60-. The minimum atomic E-state index is -4.46. The van der Waals surface area contributed by atoms with Gasteiger partial charge in [-0.1, -0.05) is 280 Å². The highest BCUT2D eigenvalue weighted by Gasteiger charge is 2.30. The van der Waals surface area contributed by atoms with Crippen molar-refractivity contribution in [2.75, 3.05) is 40.9 Å². The van der Waals surface area contributed by atoms with Crippen molar-refractivity contribution in [2.24, 2.45) is 0 Å². The second-order valence-electron chi connectivity index (χ2n) is 24.3. The van der Waals surface area contributed by atoms with Crippen molar-refractivity contribution in [3.05, 3.63) is 85.1 Å². The van der Waals surface area contributed by atoms with E-state index in [-0.39, 0.29) is 31.5 Å². The van der Waals surface area contributed by atoms with Crippen LogP contribution in [0.4, 0.5) is 0 Å². The SMILES string of the molecule is CC/C=C\C/C=C\C/C=C\C/C=C\C/C=C\CCCCCC(=O)OC(/C=C\CCCCCCCCCCCC)C(COP(=O)(O)OCC[N+](C)(C)C)NC(=O)CCCCCCCCCCCCCCCCC/C=C/CCCCCCCC. The van der Waals surface area contributed by atoms with E-state index in [0.29, 0.717) is 23.9 Å². The quantitative estimate of drug-likeness (QED) is 0.0205. The molecule has 0 aliphatic carbocycles. The molecule has 9 nitrogen and oxygen atoms in total. The van der Waals surface area contributed by atoms with Crippen LogP contribution in [0, 0.1) is 0 Å². The number of nitrogens with one attached hydrogen (secondary N) is 1. The van der Waals surface area contributed by atoms with Gasteiger partial charge in [-0.15, -0.1) is 0 Å². The number of esters is 1. The van der Waals surface area contributed by atoms with Crippen molar-refractivity contribution >= 4 is 19.7 Å². The molecule has 3 unspecified atom stereocenters. The molecule has 0 aromatic heterocycles. The summed E-state index contributed by atoms with van der Waals surface area (Å²) >= 11 is 0. The molecule has 0 rings (SSSR count). The molecule has 0 aromatic carbocycles. The first kappa shape index (κ1) is 79.2. The number of phosphoric acid groups is 1. The van der Waals surface area contributed by atoms with Crippen molar-refractivity contribution < 1.29 is 37.3 Å². The molecule has 1 amide bonds. The predicted molar refractivity (Wildman–Crippen MR) is 355 cm³/mol. The summed E-state index contributed by atoms with van der Waals surface area (Å²) in [5.74, 6) is -0.537. The molecular weight excluding hydrogens is 1040 g/mol. The zero-order valence-electron chi connectivity index (χ0n) is 54.5. The maximum Gasteiger partial charge on any atom is 0.472 e. The van der Waals surface area contributed by atoms with E-state index >= 15 is 0 Å². The van der Waals surface area contributed by atoms with E-state index in [2.05, 4.69) is 99.0 Å². The number of hydrogen-bond donors (Lipinski definition) is 2. The number of nitrogens with zero attached hydrogens (tertiary/aromatic N) is 1. The molecule has 0 radical (unpaired) electrons. The van der Waals surface area contributed by atoms with Gasteiger partial charge in [-0.3, -0.25) is 18.6 Å². The molecule has 476 valence electrons. The van der Waals surface area contributed by atoms with Gasteiger partial charge in [-0.05, 0) is 102 Å². The van der Waals surface area contributed by atoms with E-state index < -0.39 is 20.0 Å². The first-order valence-corrected chi connectivity index (χ1v) is 35.9. The normalized spacial score (nSPS) is 14.1. The highest BCUT2D eigenvalue weighted by molar-refractivity contribution is 7.47. The number of rotatable bonds is 62. The number of carbonyl (C=O) groups excluding carboxylic acids is 2. The van der Waals surface area contributed by atoms with Gasteiger partial charge in [0.2, 0.25) is 5.91 Å². The zero-order valence-corrected chi connectivity index (χ0v) is 55.4. The molecule has 0 spiro atoms. The van der Waals surface area contributed by atoms with Crippen LogP contribution in [0.5, 0.6) is 0 Å². The zero-order chi connectivity index (χ0) is 60.0. The first-order chi connectivity index (χ1) is 39.9. The van der Waals surface area contributed by atoms with Gasteiger partial charge in [0.05, 0.1) is 33.8 Å². The number of ether oxygens (including phenoxy) is 1. The summed E-state index contributed by atoms with van der Waals surface area (Å²) < 4.78 is 30.8. The van der Waals surface area contributed by atoms with Crippen LogP contribution in [0.15, 0.2) is 85.1 Å². The second kappa shape index (κ2) is 61.3. The Labute approximate surface area is 507 Å². The van der Waals surface area contributed by atoms with Gasteiger partial charge in [0, 0.05) is 12.8 Å². The predicted octanol–water partition coefficient (Wildman–Crippen LogP) is 21.7. The third kappa shape index (κ3) is 61.7. The molecule has 3 atom stereocenters. The van der Waals surface area contributed by atoms with Crippen molar-refractivity contribution in [1.82, 2.24) is 5.32 Å². The molecule has 0 aromatic rings. The molecule has 0 fully saturated rings. The molecular formula is C72H132N2O7P+. The van der Waals surface area contributed by atoms with E-state index in [0.717, 1.165) is 89.9 Å². The van der Waals surface area contributed by atoms with Gasteiger partial charge in [0.25, 0.3) is 0 Å². The van der Waals surface area contributed by atoms with Crippen LogP contribution in [0.1, 0.15) is 310 Å². The molecule has 0 bridgehead atoms. The highest BCUT2D eigenvalue weighted by atomic mass is 31.2. The fraction of sp³-hybridized carbons (Fsp3) is 0.778. The minimum Gasteiger partial charge on any atom is -0.456 e. The van der Waals surface area contributed by atoms with Crippen LogP contribution in [-0.2, 0) is 27.9 Å². The second-order valence-corrected chi connectivity index (χ2v) is 25.8. The summed E-state index contributed by atoms with van der Waals surface area (Å²) in [6, 6.07) is -0.866. The summed E-state index contributed by atoms with van der Waals surface area (Å²) in [7, 11) is 1.48. The number of phosphoric ester groups is 1. The fourth-order valence-corrected chi connectivity index (χ4v) is 10.5. The third-order valence-electron chi connectivity index (χ3n) is 15.1. The van der Waals surface area contributed by atoms with Gasteiger partial charge in [-0.25, -0.2) is 4.57 Å². The number of hydrogen-bond acceptors (Lipinski definition) is 6. The van der Waals surface area contributed by atoms with Crippen LogP contribution >= 0.6 is 7.82 Å². The van der Waals surface area contributed by atoms with Gasteiger partial charge < -0.3 is 19.4 Å². The number of unbranched alkanes of at least 4 members (excludes halogenated alkanes) is 34. The smallest absolute Gasteiger partial charge is 0.456 e. The molecule has 10 heteroatoms. The van der Waals surface area contributed by atoms with E-state index in [1.54, 1.807) is 0 Å². The largest absolute Gasteiger partial charge is 0.472 e. The molecule has 0 aliphatic heterocycles. The molecule has 0 heterocycles. The van der Waals surface area contributed by atoms with Crippen LogP contribution < -0.4 is 5.32 Å². The number of likely N-dealkylation sites (N-methyl/N-ethyl adjacent to an activating group) is 1. The number of allylic oxidation sites excluding steroid dienone is 13. The maximum atomic E-state index is 13.6. The molecule has 0 saturated heterocycles. The average Bonchev–Trinajstić information content (AvgIpc) is 3.44. The van der Waals surface area contributed by atoms with E-state index in [1.165, 1.54) is 180 Å². The molecule has 0 aliphatic rings. The molecule has 0 saturated carbocycles. The average molecular weight is 1170 g/mol. The van der Waals surface area contributed by atoms with Crippen LogP contribution in [-0.4, -0.2) is 74.3 Å². The molecule has 82 heavy (non-hydrogen) atoms. The van der Waals surface area contributed by atoms with E-state index in [9.17, 15) is 19.0 Å². The number of quaternary nitrogens is 1. The lowest BCUT2D eigenvalue weighted by Crippen LogP contribution is -2.47. The fourth-order valence-electron chi connectivity index (χ4n) is 9.79. The summed E-state index contributed by atoms with van der Waals surface area (Å²) in [5.41, 5.74) is 0. The molecule has 2 N–H and O–H groups in total. The lowest BCUT2D eigenvalue weighted by molar-refractivity contribution is -0.870. The summed E-state index contributed by atoms with van der Waals surface area (Å²) in [5, 5.41) is 3.06. The maximum absolute atomic E-state index is 13.6. The van der Waals surface area contributed by atoms with Crippen molar-refractivity contribution in [2.45, 2.75) is 322 Å². The van der Waals surface area contributed by atoms with Crippen LogP contribution in [0.25, 0.3) is 0 Å². The Morgan fingerprint density at radius 3 is 1.20 bits per heavy atom.